The number of hydrogen-bond acceptors (Lipinski definition) is 3. The van der Waals surface area contributed by atoms with E-state index in [4.69, 9.17) is 4.74 Å². The molecule has 3 aromatic carbocycles. The lowest BCUT2D eigenvalue weighted by atomic mass is 10.0. The van der Waals surface area contributed by atoms with Crippen LogP contribution < -0.4 is 10.1 Å². The first-order chi connectivity index (χ1) is 16.9. The van der Waals surface area contributed by atoms with Crippen LogP contribution >= 0.6 is 0 Å². The van der Waals surface area contributed by atoms with Gasteiger partial charge in [-0.15, -0.1) is 0 Å². The third kappa shape index (κ3) is 7.41. The lowest BCUT2D eigenvalue weighted by Gasteiger charge is -2.31. The number of likely N-dealkylation sites (N-methyl/N-ethyl adjacent to an activating group) is 1. The Morgan fingerprint density at radius 2 is 1.60 bits per heavy atom. The highest BCUT2D eigenvalue weighted by Gasteiger charge is 2.31. The second-order valence-electron chi connectivity index (χ2n) is 8.73. The zero-order chi connectivity index (χ0) is 25.2. The molecule has 0 saturated carbocycles. The van der Waals surface area contributed by atoms with Crippen LogP contribution in [0.5, 0.6) is 5.75 Å². The lowest BCUT2D eigenvalue weighted by molar-refractivity contribution is -0.142. The van der Waals surface area contributed by atoms with E-state index in [9.17, 15) is 14.0 Å². The molecular weight excluding hydrogens is 443 g/mol. The summed E-state index contributed by atoms with van der Waals surface area (Å²) >= 11 is 0. The summed E-state index contributed by atoms with van der Waals surface area (Å²) in [5, 5.41) is 2.82. The number of ether oxygens (including phenoxy) is 1. The highest BCUT2D eigenvalue weighted by atomic mass is 19.1. The van der Waals surface area contributed by atoms with Crippen LogP contribution in [0.1, 0.15) is 43.4 Å². The van der Waals surface area contributed by atoms with Crippen LogP contribution in [0.2, 0.25) is 0 Å². The van der Waals surface area contributed by atoms with Gasteiger partial charge in [-0.3, -0.25) is 9.59 Å². The number of nitrogens with zero attached hydrogens (tertiary/aromatic N) is 1. The first-order valence-electron chi connectivity index (χ1n) is 12.0. The van der Waals surface area contributed by atoms with Gasteiger partial charge in [-0.05, 0) is 42.2 Å². The largest absolute Gasteiger partial charge is 0.484 e. The Balaban J connectivity index is 1.87. The van der Waals surface area contributed by atoms with Gasteiger partial charge < -0.3 is 15.0 Å². The molecule has 5 nitrogen and oxygen atoms in total. The smallest absolute Gasteiger partial charge is 0.261 e. The van der Waals surface area contributed by atoms with Crippen LogP contribution in [0.15, 0.2) is 78.9 Å². The molecule has 2 amide bonds. The maximum Gasteiger partial charge on any atom is 0.261 e. The first kappa shape index (κ1) is 25.9. The molecule has 3 aromatic rings. The van der Waals surface area contributed by atoms with Crippen molar-refractivity contribution in [3.63, 3.8) is 0 Å². The summed E-state index contributed by atoms with van der Waals surface area (Å²) < 4.78 is 20.3. The summed E-state index contributed by atoms with van der Waals surface area (Å²) in [5.41, 5.74) is 2.41. The lowest BCUT2D eigenvalue weighted by Crippen LogP contribution is -2.51. The van der Waals surface area contributed by atoms with Gasteiger partial charge in [0.2, 0.25) is 5.91 Å². The Hall–Kier alpha value is -3.67. The first-order valence-corrected chi connectivity index (χ1v) is 12.0. The summed E-state index contributed by atoms with van der Waals surface area (Å²) in [4.78, 5) is 28.0. The van der Waals surface area contributed by atoms with E-state index in [1.165, 1.54) is 16.5 Å². The Morgan fingerprint density at radius 1 is 0.943 bits per heavy atom. The predicted octanol–water partition coefficient (Wildman–Crippen LogP) is 5.10. The van der Waals surface area contributed by atoms with Gasteiger partial charge in [-0.25, -0.2) is 4.39 Å². The maximum absolute atomic E-state index is 14.5. The number of nitrogens with one attached hydrogen (secondary N) is 1. The fourth-order valence-corrected chi connectivity index (χ4v) is 3.83. The molecule has 3 rings (SSSR count). The van der Waals surface area contributed by atoms with Crippen molar-refractivity contribution in [3.05, 3.63) is 101 Å². The minimum absolute atomic E-state index is 0.0458. The van der Waals surface area contributed by atoms with E-state index in [1.807, 2.05) is 61.5 Å². The van der Waals surface area contributed by atoms with E-state index in [0.29, 0.717) is 30.2 Å². The van der Waals surface area contributed by atoms with Crippen molar-refractivity contribution in [1.29, 1.82) is 0 Å². The molecule has 0 saturated heterocycles. The molecule has 1 atom stereocenters. The molecular formula is C29H33FN2O3. The molecule has 184 valence electrons. The summed E-state index contributed by atoms with van der Waals surface area (Å²) in [6, 6.07) is 22.5. The van der Waals surface area contributed by atoms with Crippen LogP contribution in [-0.2, 0) is 22.6 Å². The minimum Gasteiger partial charge on any atom is -0.484 e. The average Bonchev–Trinajstić information content (AvgIpc) is 2.86. The summed E-state index contributed by atoms with van der Waals surface area (Å²) in [5.74, 6) is -0.162. The number of benzene rings is 3. The number of hydrogen-bond donors (Lipinski definition) is 1. The van der Waals surface area contributed by atoms with Crippen molar-refractivity contribution >= 4 is 11.8 Å². The van der Waals surface area contributed by atoms with Crippen LogP contribution in [0, 0.1) is 5.82 Å². The standard InChI is InChI=1S/C29H33FN2O3/c1-4-31-29(34)27(18-22-10-6-5-7-11-22)32(19-24-12-8-9-13-26(24)30)28(33)20-35-25-16-14-23(15-17-25)21(2)3/h5-17,21,27H,4,18-20H2,1-3H3,(H,31,34). The fraction of sp³-hybridized carbons (Fsp3) is 0.310. The minimum atomic E-state index is -0.823. The van der Waals surface area contributed by atoms with Crippen LogP contribution in [0.4, 0.5) is 4.39 Å². The molecule has 35 heavy (non-hydrogen) atoms. The normalized spacial score (nSPS) is 11.7. The van der Waals surface area contributed by atoms with E-state index >= 15 is 0 Å². The van der Waals surface area contributed by atoms with Crippen LogP contribution in [-0.4, -0.2) is 35.9 Å². The molecule has 0 radical (unpaired) electrons. The van der Waals surface area contributed by atoms with Crippen molar-refractivity contribution in [2.24, 2.45) is 0 Å². The highest BCUT2D eigenvalue weighted by Crippen LogP contribution is 2.20. The molecule has 0 aliphatic heterocycles. The topological polar surface area (TPSA) is 58.6 Å². The van der Waals surface area contributed by atoms with Gasteiger partial charge in [0.1, 0.15) is 17.6 Å². The Labute approximate surface area is 206 Å². The van der Waals surface area contributed by atoms with E-state index in [-0.39, 0.29) is 19.1 Å². The fourth-order valence-electron chi connectivity index (χ4n) is 3.83. The quantitative estimate of drug-likeness (QED) is 0.419. The van der Waals surface area contributed by atoms with E-state index in [1.54, 1.807) is 18.2 Å². The van der Waals surface area contributed by atoms with Crippen LogP contribution in [0.25, 0.3) is 0 Å². The van der Waals surface area contributed by atoms with Crippen molar-refractivity contribution in [2.75, 3.05) is 13.2 Å². The molecule has 0 aromatic heterocycles. The van der Waals surface area contributed by atoms with Gasteiger partial charge in [-0.1, -0.05) is 74.5 Å². The maximum atomic E-state index is 14.5. The number of rotatable bonds is 11. The van der Waals surface area contributed by atoms with E-state index in [2.05, 4.69) is 19.2 Å². The Bertz CT molecular complexity index is 1100. The molecule has 0 aliphatic carbocycles. The summed E-state index contributed by atoms with van der Waals surface area (Å²) in [6.07, 6.45) is 0.302. The molecule has 0 bridgehead atoms. The van der Waals surface area contributed by atoms with Gasteiger partial charge in [-0.2, -0.15) is 0 Å². The molecule has 6 heteroatoms. The van der Waals surface area contributed by atoms with Gasteiger partial charge in [0.25, 0.3) is 5.91 Å². The molecule has 0 fully saturated rings. The van der Waals surface area contributed by atoms with Crippen molar-refractivity contribution < 1.29 is 18.7 Å². The van der Waals surface area contributed by atoms with E-state index < -0.39 is 17.8 Å². The SMILES string of the molecule is CCNC(=O)C(Cc1ccccc1)N(Cc1ccccc1F)C(=O)COc1ccc(C(C)C)cc1. The van der Waals surface area contributed by atoms with Gasteiger partial charge in [0.05, 0.1) is 0 Å². The Kier molecular flexibility index (Phi) is 9.41. The van der Waals surface area contributed by atoms with Crippen molar-refractivity contribution in [2.45, 2.75) is 45.7 Å². The Morgan fingerprint density at radius 3 is 2.23 bits per heavy atom. The number of carbonyl (C=O) groups excluding carboxylic acids is 2. The highest BCUT2D eigenvalue weighted by molar-refractivity contribution is 5.88. The molecule has 0 heterocycles. The third-order valence-electron chi connectivity index (χ3n) is 5.83. The van der Waals surface area contributed by atoms with Gasteiger partial charge in [0.15, 0.2) is 6.61 Å². The zero-order valence-corrected chi connectivity index (χ0v) is 20.5. The summed E-state index contributed by atoms with van der Waals surface area (Å²) in [6.45, 7) is 6.15. The third-order valence-corrected chi connectivity index (χ3v) is 5.83. The van der Waals surface area contributed by atoms with E-state index in [0.717, 1.165) is 5.56 Å². The van der Waals surface area contributed by atoms with Gasteiger partial charge in [0, 0.05) is 25.1 Å². The average molecular weight is 477 g/mol. The predicted molar refractivity (Wildman–Crippen MR) is 136 cm³/mol. The van der Waals surface area contributed by atoms with Gasteiger partial charge >= 0.3 is 0 Å². The monoisotopic (exact) mass is 476 g/mol. The van der Waals surface area contributed by atoms with Crippen molar-refractivity contribution in [1.82, 2.24) is 10.2 Å². The number of carbonyl (C=O) groups is 2. The molecule has 0 aliphatic rings. The number of halogens is 1. The number of amides is 2. The molecule has 1 N–H and O–H groups in total. The zero-order valence-electron chi connectivity index (χ0n) is 20.5. The molecule has 0 spiro atoms. The second kappa shape index (κ2) is 12.7. The molecule has 1 unspecified atom stereocenters. The second-order valence-corrected chi connectivity index (χ2v) is 8.73. The van der Waals surface area contributed by atoms with Crippen molar-refractivity contribution in [3.8, 4) is 5.75 Å². The summed E-state index contributed by atoms with van der Waals surface area (Å²) in [7, 11) is 0. The van der Waals surface area contributed by atoms with Crippen LogP contribution in [0.3, 0.4) is 0 Å².